The van der Waals surface area contributed by atoms with E-state index >= 15 is 0 Å². The number of nitrogens with one attached hydrogen (secondary N) is 1. The van der Waals surface area contributed by atoms with Crippen LogP contribution in [0, 0.1) is 17.0 Å². The largest absolute Gasteiger partial charge is 0.324 e. The van der Waals surface area contributed by atoms with Crippen molar-refractivity contribution in [2.45, 2.75) is 6.92 Å². The molecular formula is C12H13N3O4S. The third-order valence-electron chi connectivity index (χ3n) is 2.87. The Bertz CT molecular complexity index is 576. The topological polar surface area (TPSA) is 92.6 Å². The van der Waals surface area contributed by atoms with E-state index in [9.17, 15) is 19.7 Å². The van der Waals surface area contributed by atoms with Crippen LogP contribution in [0.15, 0.2) is 18.2 Å². The van der Waals surface area contributed by atoms with Gasteiger partial charge in [-0.1, -0.05) is 17.8 Å². The van der Waals surface area contributed by atoms with Gasteiger partial charge in [-0.15, -0.1) is 0 Å². The molecule has 0 aromatic heterocycles. The van der Waals surface area contributed by atoms with Crippen LogP contribution in [0.4, 0.5) is 16.2 Å². The van der Waals surface area contributed by atoms with E-state index in [4.69, 9.17) is 0 Å². The molecular weight excluding hydrogens is 282 g/mol. The molecule has 0 saturated carbocycles. The second-order valence-electron chi connectivity index (χ2n) is 4.34. The molecule has 1 aliphatic heterocycles. The molecule has 0 radical (unpaired) electrons. The van der Waals surface area contributed by atoms with E-state index in [0.29, 0.717) is 23.5 Å². The van der Waals surface area contributed by atoms with Crippen LogP contribution in [0.2, 0.25) is 0 Å². The van der Waals surface area contributed by atoms with Crippen molar-refractivity contribution in [3.8, 4) is 0 Å². The fourth-order valence-electron chi connectivity index (χ4n) is 1.83. The Kier molecular flexibility index (Phi) is 4.23. The SMILES string of the molecule is Cc1ccc(NC(=O)CN2CCSC2=O)cc1[N+](=O)[O-]. The summed E-state index contributed by atoms with van der Waals surface area (Å²) in [5, 5.41) is 13.3. The minimum absolute atomic E-state index is 0.0342. The number of carbonyl (C=O) groups excluding carboxylic acids is 2. The van der Waals surface area contributed by atoms with Gasteiger partial charge in [0.15, 0.2) is 0 Å². The lowest BCUT2D eigenvalue weighted by molar-refractivity contribution is -0.385. The molecule has 0 unspecified atom stereocenters. The minimum atomic E-state index is -0.494. The van der Waals surface area contributed by atoms with Crippen LogP contribution in [0.25, 0.3) is 0 Å². The fraction of sp³-hybridized carbons (Fsp3) is 0.333. The molecule has 1 aliphatic rings. The molecule has 0 atom stereocenters. The van der Waals surface area contributed by atoms with Gasteiger partial charge >= 0.3 is 0 Å². The predicted molar refractivity (Wildman–Crippen MR) is 75.9 cm³/mol. The van der Waals surface area contributed by atoms with Gasteiger partial charge in [-0.2, -0.15) is 0 Å². The van der Waals surface area contributed by atoms with Crippen molar-refractivity contribution in [2.24, 2.45) is 0 Å². The van der Waals surface area contributed by atoms with Crippen LogP contribution in [-0.4, -0.2) is 39.8 Å². The van der Waals surface area contributed by atoms with Gasteiger partial charge in [0.05, 0.1) is 4.92 Å². The molecule has 8 heteroatoms. The number of hydrogen-bond acceptors (Lipinski definition) is 5. The Morgan fingerprint density at radius 2 is 2.30 bits per heavy atom. The maximum Gasteiger partial charge on any atom is 0.282 e. The lowest BCUT2D eigenvalue weighted by atomic mass is 10.2. The normalized spacial score (nSPS) is 14.4. The van der Waals surface area contributed by atoms with Crippen LogP contribution in [-0.2, 0) is 4.79 Å². The monoisotopic (exact) mass is 295 g/mol. The second-order valence-corrected chi connectivity index (χ2v) is 5.39. The quantitative estimate of drug-likeness (QED) is 0.677. The lowest BCUT2D eigenvalue weighted by Gasteiger charge is -2.14. The summed E-state index contributed by atoms with van der Waals surface area (Å²) in [6.45, 7) is 2.14. The number of rotatable bonds is 4. The molecule has 1 fully saturated rings. The molecule has 106 valence electrons. The van der Waals surface area contributed by atoms with Crippen LogP contribution >= 0.6 is 11.8 Å². The molecule has 1 N–H and O–H groups in total. The molecule has 1 aromatic rings. The number of nitro benzene ring substituents is 1. The zero-order valence-electron chi connectivity index (χ0n) is 10.8. The van der Waals surface area contributed by atoms with Gasteiger partial charge < -0.3 is 10.2 Å². The summed E-state index contributed by atoms with van der Waals surface area (Å²) in [6.07, 6.45) is 0. The van der Waals surface area contributed by atoms with Crippen LogP contribution < -0.4 is 5.32 Å². The Balaban J connectivity index is 2.02. The van der Waals surface area contributed by atoms with Crippen molar-refractivity contribution in [3.05, 3.63) is 33.9 Å². The summed E-state index contributed by atoms with van der Waals surface area (Å²) < 4.78 is 0. The number of aryl methyl sites for hydroxylation is 1. The average Bonchev–Trinajstić information content (AvgIpc) is 2.77. The average molecular weight is 295 g/mol. The van der Waals surface area contributed by atoms with Crippen molar-refractivity contribution in [3.63, 3.8) is 0 Å². The molecule has 2 rings (SSSR count). The number of anilines is 1. The zero-order valence-corrected chi connectivity index (χ0v) is 11.6. The highest BCUT2D eigenvalue weighted by molar-refractivity contribution is 8.13. The zero-order chi connectivity index (χ0) is 14.7. The van der Waals surface area contributed by atoms with Gasteiger partial charge in [0.1, 0.15) is 6.54 Å². The van der Waals surface area contributed by atoms with Gasteiger partial charge in [0, 0.05) is 29.6 Å². The molecule has 1 heterocycles. The number of thioether (sulfide) groups is 1. The van der Waals surface area contributed by atoms with Gasteiger partial charge in [0.25, 0.3) is 10.9 Å². The van der Waals surface area contributed by atoms with Crippen LogP contribution in [0.5, 0.6) is 0 Å². The van der Waals surface area contributed by atoms with E-state index in [0.717, 1.165) is 0 Å². The van der Waals surface area contributed by atoms with E-state index in [1.807, 2.05) is 0 Å². The van der Waals surface area contributed by atoms with Crippen molar-refractivity contribution in [1.82, 2.24) is 4.90 Å². The molecule has 0 spiro atoms. The molecule has 20 heavy (non-hydrogen) atoms. The van der Waals surface area contributed by atoms with E-state index < -0.39 is 4.92 Å². The van der Waals surface area contributed by atoms with Gasteiger partial charge in [-0.05, 0) is 13.0 Å². The first-order valence-corrected chi connectivity index (χ1v) is 6.92. The lowest BCUT2D eigenvalue weighted by Crippen LogP contribution is -2.33. The van der Waals surface area contributed by atoms with Crippen LogP contribution in [0.3, 0.4) is 0 Å². The number of hydrogen-bond donors (Lipinski definition) is 1. The van der Waals surface area contributed by atoms with Gasteiger partial charge in [0.2, 0.25) is 5.91 Å². The maximum atomic E-state index is 11.8. The van der Waals surface area contributed by atoms with Crippen molar-refractivity contribution < 1.29 is 14.5 Å². The first-order valence-electron chi connectivity index (χ1n) is 5.94. The summed E-state index contributed by atoms with van der Waals surface area (Å²) in [5.74, 6) is 0.321. The van der Waals surface area contributed by atoms with Gasteiger partial charge in [-0.3, -0.25) is 19.7 Å². The predicted octanol–water partition coefficient (Wildman–Crippen LogP) is 2.01. The Morgan fingerprint density at radius 3 is 2.90 bits per heavy atom. The van der Waals surface area contributed by atoms with Crippen molar-refractivity contribution >= 4 is 34.3 Å². The fourth-order valence-corrected chi connectivity index (χ4v) is 2.65. The number of carbonyl (C=O) groups is 2. The third kappa shape index (κ3) is 3.27. The number of nitro groups is 1. The van der Waals surface area contributed by atoms with Gasteiger partial charge in [-0.25, -0.2) is 0 Å². The molecule has 2 amide bonds. The highest BCUT2D eigenvalue weighted by Gasteiger charge is 2.23. The maximum absolute atomic E-state index is 11.8. The van der Waals surface area contributed by atoms with E-state index in [2.05, 4.69) is 5.32 Å². The summed E-state index contributed by atoms with van der Waals surface area (Å²) in [6, 6.07) is 4.49. The highest BCUT2D eigenvalue weighted by atomic mass is 32.2. The first kappa shape index (κ1) is 14.3. The highest BCUT2D eigenvalue weighted by Crippen LogP contribution is 2.22. The first-order chi connectivity index (χ1) is 9.47. The smallest absolute Gasteiger partial charge is 0.282 e. The Morgan fingerprint density at radius 1 is 1.55 bits per heavy atom. The summed E-state index contributed by atoms with van der Waals surface area (Å²) in [4.78, 5) is 34.9. The third-order valence-corrected chi connectivity index (χ3v) is 3.76. The van der Waals surface area contributed by atoms with E-state index in [-0.39, 0.29) is 23.4 Å². The molecule has 1 saturated heterocycles. The Hall–Kier alpha value is -2.09. The Labute approximate surface area is 119 Å². The number of nitrogens with zero attached hydrogens (tertiary/aromatic N) is 2. The molecule has 7 nitrogen and oxygen atoms in total. The van der Waals surface area contributed by atoms with E-state index in [1.54, 1.807) is 19.1 Å². The van der Waals surface area contributed by atoms with E-state index in [1.165, 1.54) is 22.7 Å². The summed E-state index contributed by atoms with van der Waals surface area (Å²) >= 11 is 1.18. The molecule has 0 bridgehead atoms. The van der Waals surface area contributed by atoms with Crippen LogP contribution in [0.1, 0.15) is 5.56 Å². The minimum Gasteiger partial charge on any atom is -0.324 e. The van der Waals surface area contributed by atoms with Crippen molar-refractivity contribution in [2.75, 3.05) is 24.2 Å². The van der Waals surface area contributed by atoms with Crippen molar-refractivity contribution in [1.29, 1.82) is 0 Å². The molecule has 1 aromatic carbocycles. The number of benzene rings is 1. The summed E-state index contributed by atoms with van der Waals surface area (Å²) in [5.41, 5.74) is 0.835. The molecule has 0 aliphatic carbocycles. The second kappa shape index (κ2) is 5.91. The standard InChI is InChI=1S/C12H13N3O4S/c1-8-2-3-9(6-10(8)15(18)19)13-11(16)7-14-4-5-20-12(14)17/h2-3,6H,4-5,7H2,1H3,(H,13,16). The summed E-state index contributed by atoms with van der Waals surface area (Å²) in [7, 11) is 0. The number of amides is 2.